The molecular weight excluding hydrogens is 318 g/mol. The lowest BCUT2D eigenvalue weighted by atomic mass is 10.1. The Labute approximate surface area is 137 Å². The zero-order chi connectivity index (χ0) is 17.3. The van der Waals surface area contributed by atoms with E-state index < -0.39 is 31.1 Å². The minimum atomic E-state index is -1.24. The highest BCUT2D eigenvalue weighted by atomic mass is 16.6. The van der Waals surface area contributed by atoms with Gasteiger partial charge >= 0.3 is 0 Å². The molecule has 0 saturated carbocycles. The van der Waals surface area contributed by atoms with E-state index in [-0.39, 0.29) is 5.82 Å². The summed E-state index contributed by atoms with van der Waals surface area (Å²) < 4.78 is 6.97. The van der Waals surface area contributed by atoms with Gasteiger partial charge < -0.3 is 20.1 Å². The summed E-state index contributed by atoms with van der Waals surface area (Å²) in [6.45, 7) is 1.24. The van der Waals surface area contributed by atoms with E-state index in [9.17, 15) is 15.3 Å². The zero-order valence-corrected chi connectivity index (χ0v) is 13.0. The second kappa shape index (κ2) is 6.68. The molecule has 1 aliphatic heterocycles. The van der Waals surface area contributed by atoms with E-state index in [1.54, 1.807) is 6.92 Å². The number of hydrogen-bond acceptors (Lipinski definition) is 9. The predicted octanol–water partition coefficient (Wildman–Crippen LogP) is -1.22. The molecule has 3 heterocycles. The van der Waals surface area contributed by atoms with Crippen LogP contribution in [0.1, 0.15) is 19.0 Å². The molecule has 1 saturated heterocycles. The van der Waals surface area contributed by atoms with Crippen LogP contribution in [0.25, 0.3) is 11.2 Å². The van der Waals surface area contributed by atoms with Crippen molar-refractivity contribution >= 4 is 17.0 Å². The third kappa shape index (κ3) is 2.68. The van der Waals surface area contributed by atoms with Gasteiger partial charge in [-0.05, 0) is 12.8 Å². The summed E-state index contributed by atoms with van der Waals surface area (Å²) >= 11 is 0. The van der Waals surface area contributed by atoms with Crippen molar-refractivity contribution in [2.45, 2.75) is 31.5 Å². The number of aliphatic hydroxyl groups excluding tert-OH is 3. The Bertz CT molecular complexity index is 798. The maximum atomic E-state index is 10.2. The third-order valence-electron chi connectivity index (χ3n) is 3.65. The van der Waals surface area contributed by atoms with Crippen LogP contribution in [0.3, 0.4) is 0 Å². The quantitative estimate of drug-likeness (QED) is 0.400. The molecule has 3 rings (SSSR count). The molecular formula is C14H17N5O5. The van der Waals surface area contributed by atoms with Crippen LogP contribution in [0, 0.1) is 11.8 Å². The lowest BCUT2D eigenvalue weighted by Crippen LogP contribution is -2.33. The highest BCUT2D eigenvalue weighted by Crippen LogP contribution is 2.32. The van der Waals surface area contributed by atoms with Crippen molar-refractivity contribution in [1.82, 2.24) is 19.5 Å². The molecule has 0 amide bonds. The van der Waals surface area contributed by atoms with Gasteiger partial charge in [-0.1, -0.05) is 5.92 Å². The maximum Gasteiger partial charge on any atom is 0.209 e. The molecule has 128 valence electrons. The largest absolute Gasteiger partial charge is 0.394 e. The van der Waals surface area contributed by atoms with Gasteiger partial charge in [-0.15, -0.1) is 0 Å². The Morgan fingerprint density at radius 1 is 1.38 bits per heavy atom. The number of hydrogen-bond donors (Lipinski definition) is 4. The molecule has 0 aromatic carbocycles. The molecule has 0 radical (unpaired) electrons. The van der Waals surface area contributed by atoms with E-state index >= 15 is 0 Å². The average molecular weight is 335 g/mol. The summed E-state index contributed by atoms with van der Waals surface area (Å²) in [4.78, 5) is 17.6. The molecule has 2 aromatic rings. The van der Waals surface area contributed by atoms with E-state index in [1.807, 2.05) is 0 Å². The Hall–Kier alpha value is -2.29. The topological polar surface area (TPSA) is 135 Å². The van der Waals surface area contributed by atoms with Crippen molar-refractivity contribution in [3.63, 3.8) is 0 Å². The fraction of sp³-hybridized carbons (Fsp3) is 0.500. The first-order chi connectivity index (χ1) is 11.6. The van der Waals surface area contributed by atoms with Crippen molar-refractivity contribution in [3.05, 3.63) is 12.2 Å². The van der Waals surface area contributed by atoms with Crippen LogP contribution in [0.5, 0.6) is 0 Å². The van der Waals surface area contributed by atoms with Gasteiger partial charge in [0, 0.05) is 0 Å². The molecule has 1 fully saturated rings. The van der Waals surface area contributed by atoms with Crippen LogP contribution < -0.4 is 5.48 Å². The zero-order valence-electron chi connectivity index (χ0n) is 13.0. The minimum Gasteiger partial charge on any atom is -0.394 e. The molecule has 10 heteroatoms. The molecule has 24 heavy (non-hydrogen) atoms. The second-order valence-electron chi connectivity index (χ2n) is 5.13. The number of imidazole rings is 1. The number of aliphatic hydroxyl groups is 3. The number of nitrogens with one attached hydrogen (secondary N) is 1. The van der Waals surface area contributed by atoms with Gasteiger partial charge in [0.05, 0.1) is 20.0 Å². The summed E-state index contributed by atoms with van der Waals surface area (Å²) in [6, 6.07) is 0. The Morgan fingerprint density at radius 2 is 2.17 bits per heavy atom. The predicted molar refractivity (Wildman–Crippen MR) is 81.5 cm³/mol. The van der Waals surface area contributed by atoms with E-state index in [1.165, 1.54) is 18.0 Å². The van der Waals surface area contributed by atoms with E-state index in [4.69, 9.17) is 9.57 Å². The first kappa shape index (κ1) is 16.6. The Morgan fingerprint density at radius 3 is 2.79 bits per heavy atom. The molecule has 0 bridgehead atoms. The Kier molecular flexibility index (Phi) is 4.61. The van der Waals surface area contributed by atoms with Gasteiger partial charge in [-0.25, -0.2) is 15.4 Å². The standard InChI is InChI=1S/C14H17N5O5/c1-3-4-8-16-12(18-23-2)9-13(17-8)19(6-15-9)14-11(22)10(21)7(5-20)24-14/h6-7,10-11,14,20-22H,5H2,1-2H3,(H,16,17,18)/t7-,10-,11-,14-/m1/s1. The van der Waals surface area contributed by atoms with E-state index in [2.05, 4.69) is 32.3 Å². The van der Waals surface area contributed by atoms with Crippen LogP contribution in [-0.2, 0) is 9.57 Å². The molecule has 10 nitrogen and oxygen atoms in total. The number of aromatic nitrogens is 4. The van der Waals surface area contributed by atoms with Crippen LogP contribution in [0.4, 0.5) is 5.82 Å². The van der Waals surface area contributed by atoms with Crippen LogP contribution >= 0.6 is 0 Å². The van der Waals surface area contributed by atoms with Gasteiger partial charge in [0.25, 0.3) is 0 Å². The molecule has 0 aliphatic carbocycles. The lowest BCUT2D eigenvalue weighted by molar-refractivity contribution is -0.0511. The molecule has 4 N–H and O–H groups in total. The fourth-order valence-corrected chi connectivity index (χ4v) is 2.55. The van der Waals surface area contributed by atoms with E-state index in [0.29, 0.717) is 17.0 Å². The van der Waals surface area contributed by atoms with Crippen molar-refractivity contribution in [2.24, 2.45) is 0 Å². The number of nitrogens with zero attached hydrogens (tertiary/aromatic N) is 4. The normalized spacial score (nSPS) is 26.4. The monoisotopic (exact) mass is 335 g/mol. The number of fused-ring (bicyclic) bond motifs is 1. The first-order valence-electron chi connectivity index (χ1n) is 7.19. The summed E-state index contributed by atoms with van der Waals surface area (Å²) in [5.41, 5.74) is 3.34. The maximum absolute atomic E-state index is 10.2. The summed E-state index contributed by atoms with van der Waals surface area (Å²) in [6.07, 6.45) is -2.89. The number of rotatable bonds is 4. The van der Waals surface area contributed by atoms with E-state index in [0.717, 1.165) is 0 Å². The highest BCUT2D eigenvalue weighted by Gasteiger charge is 2.44. The minimum absolute atomic E-state index is 0.234. The average Bonchev–Trinajstić information content (AvgIpc) is 3.10. The van der Waals surface area contributed by atoms with Crippen molar-refractivity contribution in [3.8, 4) is 11.8 Å². The number of anilines is 1. The van der Waals surface area contributed by atoms with Crippen molar-refractivity contribution < 1.29 is 24.9 Å². The summed E-state index contributed by atoms with van der Waals surface area (Å²) in [5.74, 6) is 5.99. The molecule has 2 aromatic heterocycles. The Balaban J connectivity index is 2.10. The molecule has 0 unspecified atom stereocenters. The van der Waals surface area contributed by atoms with Crippen LogP contribution in [0.2, 0.25) is 0 Å². The molecule has 4 atom stereocenters. The van der Waals surface area contributed by atoms with Gasteiger partial charge in [-0.2, -0.15) is 4.98 Å². The van der Waals surface area contributed by atoms with Gasteiger partial charge in [-0.3, -0.25) is 9.40 Å². The highest BCUT2D eigenvalue weighted by molar-refractivity contribution is 5.83. The number of ether oxygens (including phenoxy) is 1. The lowest BCUT2D eigenvalue weighted by Gasteiger charge is -2.16. The SMILES string of the molecule is CC#Cc1nc(NOC)c2ncn([C@@H]3O[C@H](CO)[C@@H](O)[C@H]3O)c2n1. The van der Waals surface area contributed by atoms with Crippen LogP contribution in [0.15, 0.2) is 6.33 Å². The second-order valence-corrected chi connectivity index (χ2v) is 5.13. The fourth-order valence-electron chi connectivity index (χ4n) is 2.55. The van der Waals surface area contributed by atoms with Gasteiger partial charge in [0.2, 0.25) is 5.82 Å². The van der Waals surface area contributed by atoms with Gasteiger partial charge in [0.15, 0.2) is 23.2 Å². The summed E-state index contributed by atoms with van der Waals surface area (Å²) in [5, 5.41) is 29.3. The summed E-state index contributed by atoms with van der Waals surface area (Å²) in [7, 11) is 1.43. The molecule has 1 aliphatic rings. The van der Waals surface area contributed by atoms with Crippen LogP contribution in [-0.4, -0.2) is 66.9 Å². The van der Waals surface area contributed by atoms with Crippen molar-refractivity contribution in [1.29, 1.82) is 0 Å². The first-order valence-corrected chi connectivity index (χ1v) is 7.19. The molecule has 0 spiro atoms. The smallest absolute Gasteiger partial charge is 0.209 e. The third-order valence-corrected chi connectivity index (χ3v) is 3.65. The van der Waals surface area contributed by atoms with Crippen molar-refractivity contribution in [2.75, 3.05) is 19.2 Å². The van der Waals surface area contributed by atoms with Gasteiger partial charge in [0.1, 0.15) is 18.3 Å².